The minimum atomic E-state index is -0.911. The first-order valence-corrected chi connectivity index (χ1v) is 4.38. The molecular weight excluding hydrogens is 184 g/mol. The largest absolute Gasteiger partial charge is 0.480 e. The van der Waals surface area contributed by atoms with Crippen molar-refractivity contribution in [3.05, 3.63) is 17.7 Å². The molecule has 1 aliphatic heterocycles. The van der Waals surface area contributed by atoms with Gasteiger partial charge in [0.2, 0.25) is 0 Å². The molecule has 5 heteroatoms. The maximum Gasteiger partial charge on any atom is 0.320 e. The van der Waals surface area contributed by atoms with Gasteiger partial charge in [0.1, 0.15) is 5.82 Å². The van der Waals surface area contributed by atoms with Crippen LogP contribution in [0.4, 0.5) is 0 Å². The Morgan fingerprint density at radius 3 is 2.64 bits per heavy atom. The summed E-state index contributed by atoms with van der Waals surface area (Å²) in [5.41, 5.74) is -0.317. The molecule has 1 aromatic rings. The number of hydrogen-bond acceptors (Lipinski definition) is 3. The highest BCUT2D eigenvalue weighted by atomic mass is 16.5. The van der Waals surface area contributed by atoms with E-state index in [1.54, 1.807) is 6.20 Å². The van der Waals surface area contributed by atoms with Crippen molar-refractivity contribution in [1.29, 1.82) is 0 Å². The molecule has 0 saturated carbocycles. The molecule has 0 spiro atoms. The van der Waals surface area contributed by atoms with Crippen molar-refractivity contribution in [2.45, 2.75) is 12.3 Å². The van der Waals surface area contributed by atoms with Gasteiger partial charge in [-0.3, -0.25) is 4.79 Å². The van der Waals surface area contributed by atoms with E-state index in [9.17, 15) is 4.79 Å². The van der Waals surface area contributed by atoms with Crippen molar-refractivity contribution in [2.75, 3.05) is 13.2 Å². The highest BCUT2D eigenvalue weighted by Crippen LogP contribution is 2.31. The smallest absolute Gasteiger partial charge is 0.320 e. The van der Waals surface area contributed by atoms with E-state index >= 15 is 0 Å². The lowest BCUT2D eigenvalue weighted by Gasteiger charge is -2.35. The minimum absolute atomic E-state index is 0.221. The van der Waals surface area contributed by atoms with Gasteiger partial charge in [-0.2, -0.15) is 0 Å². The van der Waals surface area contributed by atoms with Crippen LogP contribution >= 0.6 is 0 Å². The predicted octanol–water partition coefficient (Wildman–Crippen LogP) is 0.0811. The number of carboxylic acid groups (broad SMARTS) is 1. The minimum Gasteiger partial charge on any atom is -0.480 e. The van der Waals surface area contributed by atoms with Crippen molar-refractivity contribution in [2.24, 2.45) is 7.05 Å². The van der Waals surface area contributed by atoms with E-state index in [1.807, 2.05) is 18.5 Å². The van der Waals surface area contributed by atoms with Crippen LogP contribution in [0, 0.1) is 6.92 Å². The van der Waals surface area contributed by atoms with Crippen LogP contribution in [0.15, 0.2) is 6.20 Å². The van der Waals surface area contributed by atoms with Crippen LogP contribution in [0.1, 0.15) is 11.5 Å². The maximum atomic E-state index is 11.1. The van der Waals surface area contributed by atoms with E-state index in [1.165, 1.54) is 0 Å². The number of nitrogens with zero attached hydrogens (tertiary/aromatic N) is 2. The second-order valence-electron chi connectivity index (χ2n) is 3.66. The fourth-order valence-electron chi connectivity index (χ4n) is 1.48. The van der Waals surface area contributed by atoms with Gasteiger partial charge in [0.15, 0.2) is 5.41 Å². The molecule has 76 valence electrons. The number of hydrogen-bond donors (Lipinski definition) is 1. The Hall–Kier alpha value is -1.36. The first-order chi connectivity index (χ1) is 6.56. The molecule has 5 nitrogen and oxygen atoms in total. The third kappa shape index (κ3) is 1.05. The molecule has 1 aromatic heterocycles. The molecule has 1 saturated heterocycles. The Balaban J connectivity index is 2.41. The van der Waals surface area contributed by atoms with E-state index in [4.69, 9.17) is 9.84 Å². The third-order valence-corrected chi connectivity index (χ3v) is 2.71. The molecule has 1 aliphatic rings. The van der Waals surface area contributed by atoms with Crippen molar-refractivity contribution < 1.29 is 14.6 Å². The zero-order valence-corrected chi connectivity index (χ0v) is 8.15. The fraction of sp³-hybridized carbons (Fsp3) is 0.556. The van der Waals surface area contributed by atoms with Gasteiger partial charge in [0, 0.05) is 13.2 Å². The fourth-order valence-corrected chi connectivity index (χ4v) is 1.48. The van der Waals surface area contributed by atoms with Crippen molar-refractivity contribution in [1.82, 2.24) is 9.55 Å². The molecule has 2 rings (SSSR count). The third-order valence-electron chi connectivity index (χ3n) is 2.71. The number of imidazole rings is 1. The number of ether oxygens (including phenoxy) is 1. The van der Waals surface area contributed by atoms with Gasteiger partial charge in [0.05, 0.1) is 18.9 Å². The molecule has 1 fully saturated rings. The van der Waals surface area contributed by atoms with E-state index < -0.39 is 11.4 Å². The molecule has 0 radical (unpaired) electrons. The SMILES string of the molecule is Cc1nc(C2(C(=O)O)COC2)cn1C. The first-order valence-electron chi connectivity index (χ1n) is 4.38. The molecular formula is C9H12N2O3. The summed E-state index contributed by atoms with van der Waals surface area (Å²) in [6.07, 6.45) is 1.76. The Labute approximate surface area is 81.3 Å². The summed E-state index contributed by atoms with van der Waals surface area (Å²) in [5, 5.41) is 9.11. The Morgan fingerprint density at radius 1 is 1.71 bits per heavy atom. The monoisotopic (exact) mass is 196 g/mol. The van der Waals surface area contributed by atoms with Crippen LogP contribution < -0.4 is 0 Å². The van der Waals surface area contributed by atoms with Gasteiger partial charge in [-0.25, -0.2) is 4.98 Å². The number of rotatable bonds is 2. The van der Waals surface area contributed by atoms with Gasteiger partial charge >= 0.3 is 5.97 Å². The molecule has 0 amide bonds. The quantitative estimate of drug-likeness (QED) is 0.727. The van der Waals surface area contributed by atoms with Gasteiger partial charge in [-0.05, 0) is 6.92 Å². The molecule has 0 atom stereocenters. The summed E-state index contributed by atoms with van der Waals surface area (Å²) < 4.78 is 6.79. The number of aromatic nitrogens is 2. The Morgan fingerprint density at radius 2 is 2.36 bits per heavy atom. The number of carboxylic acids is 1. The Kier molecular flexibility index (Phi) is 1.85. The zero-order valence-electron chi connectivity index (χ0n) is 8.15. The molecule has 0 aromatic carbocycles. The highest BCUT2D eigenvalue weighted by molar-refractivity contribution is 5.82. The number of carbonyl (C=O) groups is 1. The summed E-state index contributed by atoms with van der Waals surface area (Å²) in [5.74, 6) is -0.0469. The van der Waals surface area contributed by atoms with Crippen LogP contribution in [0.2, 0.25) is 0 Å². The summed E-state index contributed by atoms with van der Waals surface area (Å²) >= 11 is 0. The van der Waals surface area contributed by atoms with Crippen LogP contribution in [0.3, 0.4) is 0 Å². The van der Waals surface area contributed by atoms with Crippen LogP contribution in [-0.2, 0) is 22.0 Å². The summed E-state index contributed by atoms with van der Waals surface area (Å²) in [6.45, 7) is 2.29. The second kappa shape index (κ2) is 2.81. The maximum absolute atomic E-state index is 11.1. The molecule has 0 bridgehead atoms. The lowest BCUT2D eigenvalue weighted by Crippen LogP contribution is -2.53. The average molecular weight is 196 g/mol. The molecule has 1 N–H and O–H groups in total. The normalized spacial score (nSPS) is 19.0. The number of aliphatic carboxylic acids is 1. The lowest BCUT2D eigenvalue weighted by atomic mass is 9.83. The number of aryl methyl sites for hydroxylation is 2. The molecule has 0 aliphatic carbocycles. The van der Waals surface area contributed by atoms with Gasteiger partial charge in [-0.15, -0.1) is 0 Å². The van der Waals surface area contributed by atoms with E-state index in [0.29, 0.717) is 5.69 Å². The van der Waals surface area contributed by atoms with Crippen molar-refractivity contribution in [3.8, 4) is 0 Å². The zero-order chi connectivity index (χ0) is 10.3. The van der Waals surface area contributed by atoms with Gasteiger partial charge in [0.25, 0.3) is 0 Å². The summed E-state index contributed by atoms with van der Waals surface area (Å²) in [4.78, 5) is 15.3. The van der Waals surface area contributed by atoms with Crippen molar-refractivity contribution >= 4 is 5.97 Å². The van der Waals surface area contributed by atoms with Gasteiger partial charge < -0.3 is 14.4 Å². The molecule has 14 heavy (non-hydrogen) atoms. The van der Waals surface area contributed by atoms with Crippen molar-refractivity contribution in [3.63, 3.8) is 0 Å². The van der Waals surface area contributed by atoms with Gasteiger partial charge in [-0.1, -0.05) is 0 Å². The predicted molar refractivity (Wildman–Crippen MR) is 48.1 cm³/mol. The molecule has 0 unspecified atom stereocenters. The average Bonchev–Trinajstić information content (AvgIpc) is 2.28. The van der Waals surface area contributed by atoms with E-state index in [0.717, 1.165) is 5.82 Å². The second-order valence-corrected chi connectivity index (χ2v) is 3.66. The Bertz CT molecular complexity index is 360. The first kappa shape index (κ1) is 9.21. The van der Waals surface area contributed by atoms with Crippen LogP contribution in [-0.4, -0.2) is 33.8 Å². The summed E-state index contributed by atoms with van der Waals surface area (Å²) in [7, 11) is 1.85. The topological polar surface area (TPSA) is 64.3 Å². The van der Waals surface area contributed by atoms with Crippen LogP contribution in [0.25, 0.3) is 0 Å². The van der Waals surface area contributed by atoms with E-state index in [-0.39, 0.29) is 13.2 Å². The standard InChI is InChI=1S/C9H12N2O3/c1-6-10-7(3-11(6)2)9(8(12)13)4-14-5-9/h3H,4-5H2,1-2H3,(H,12,13). The summed E-state index contributed by atoms with van der Waals surface area (Å²) in [6, 6.07) is 0. The highest BCUT2D eigenvalue weighted by Gasteiger charge is 2.49. The lowest BCUT2D eigenvalue weighted by molar-refractivity contribution is -0.163. The van der Waals surface area contributed by atoms with E-state index in [2.05, 4.69) is 4.98 Å². The molecule has 2 heterocycles. The van der Waals surface area contributed by atoms with Crippen LogP contribution in [0.5, 0.6) is 0 Å².